The van der Waals surface area contributed by atoms with E-state index in [1.807, 2.05) is 0 Å². The zero-order chi connectivity index (χ0) is 9.97. The van der Waals surface area contributed by atoms with Gasteiger partial charge in [-0.3, -0.25) is 0 Å². The van der Waals surface area contributed by atoms with Crippen molar-refractivity contribution in [1.29, 1.82) is 0 Å². The van der Waals surface area contributed by atoms with E-state index in [4.69, 9.17) is 5.73 Å². The molecule has 3 N–H and O–H groups in total. The van der Waals surface area contributed by atoms with Crippen molar-refractivity contribution < 1.29 is 0 Å². The van der Waals surface area contributed by atoms with Gasteiger partial charge < -0.3 is 11.1 Å². The minimum Gasteiger partial charge on any atom is -0.326 e. The maximum atomic E-state index is 5.96. The fourth-order valence-electron chi connectivity index (χ4n) is 2.08. The molecule has 76 valence electrons. The molecule has 3 atom stereocenters. The van der Waals surface area contributed by atoms with E-state index in [2.05, 4.69) is 42.6 Å². The van der Waals surface area contributed by atoms with E-state index < -0.39 is 0 Å². The molecule has 0 aromatic heterocycles. The summed E-state index contributed by atoms with van der Waals surface area (Å²) in [5.74, 6) is 0.579. The van der Waals surface area contributed by atoms with Crippen LogP contribution in [0.15, 0.2) is 30.3 Å². The lowest BCUT2D eigenvalue weighted by Crippen LogP contribution is -2.30. The first-order chi connectivity index (χ1) is 6.77. The summed E-state index contributed by atoms with van der Waals surface area (Å²) in [6, 6.07) is 11.5. The van der Waals surface area contributed by atoms with Crippen molar-refractivity contribution in [2.75, 3.05) is 6.54 Å². The standard InChI is InChI=1S/C12H18N2/c1-9-11(13)8-14-12(9)7-10-5-3-2-4-6-10/h2-6,9,11-12,14H,7-8,13H2,1H3. The Morgan fingerprint density at radius 1 is 1.36 bits per heavy atom. The Bertz CT molecular complexity index is 284. The van der Waals surface area contributed by atoms with Crippen molar-refractivity contribution in [3.8, 4) is 0 Å². The normalized spacial score (nSPS) is 32.0. The minimum atomic E-state index is 0.323. The molecule has 0 radical (unpaired) electrons. The highest BCUT2D eigenvalue weighted by Crippen LogP contribution is 2.17. The molecule has 1 saturated heterocycles. The molecule has 0 saturated carbocycles. The van der Waals surface area contributed by atoms with Gasteiger partial charge in [0, 0.05) is 18.6 Å². The van der Waals surface area contributed by atoms with Crippen LogP contribution in [0, 0.1) is 5.92 Å². The Morgan fingerprint density at radius 3 is 2.64 bits per heavy atom. The first-order valence-corrected chi connectivity index (χ1v) is 5.30. The van der Waals surface area contributed by atoms with Crippen LogP contribution in [-0.2, 0) is 6.42 Å². The van der Waals surface area contributed by atoms with Gasteiger partial charge in [0.25, 0.3) is 0 Å². The molecular formula is C12H18N2. The fraction of sp³-hybridized carbons (Fsp3) is 0.500. The number of hydrogen-bond acceptors (Lipinski definition) is 2. The highest BCUT2D eigenvalue weighted by atomic mass is 15.0. The largest absolute Gasteiger partial charge is 0.326 e. The van der Waals surface area contributed by atoms with Gasteiger partial charge in [-0.25, -0.2) is 0 Å². The Kier molecular flexibility index (Phi) is 2.85. The van der Waals surface area contributed by atoms with Gasteiger partial charge in [0.1, 0.15) is 0 Å². The number of benzene rings is 1. The van der Waals surface area contributed by atoms with Gasteiger partial charge in [-0.1, -0.05) is 37.3 Å². The molecule has 1 fully saturated rings. The fourth-order valence-corrected chi connectivity index (χ4v) is 2.08. The smallest absolute Gasteiger partial charge is 0.0206 e. The molecule has 0 bridgehead atoms. The van der Waals surface area contributed by atoms with Crippen LogP contribution in [-0.4, -0.2) is 18.6 Å². The van der Waals surface area contributed by atoms with E-state index in [1.54, 1.807) is 0 Å². The molecule has 1 aliphatic heterocycles. The van der Waals surface area contributed by atoms with Crippen LogP contribution < -0.4 is 11.1 Å². The third-order valence-corrected chi connectivity index (χ3v) is 3.22. The van der Waals surface area contributed by atoms with Crippen molar-refractivity contribution in [1.82, 2.24) is 5.32 Å². The quantitative estimate of drug-likeness (QED) is 0.734. The second-order valence-electron chi connectivity index (χ2n) is 4.23. The molecule has 1 aromatic carbocycles. The number of nitrogens with two attached hydrogens (primary N) is 1. The number of rotatable bonds is 2. The summed E-state index contributed by atoms with van der Waals surface area (Å²) < 4.78 is 0. The van der Waals surface area contributed by atoms with Crippen LogP contribution in [0.5, 0.6) is 0 Å². The predicted octanol–water partition coefficient (Wildman–Crippen LogP) is 1.16. The summed E-state index contributed by atoms with van der Waals surface area (Å²) in [5.41, 5.74) is 7.35. The maximum absolute atomic E-state index is 5.96. The second-order valence-corrected chi connectivity index (χ2v) is 4.23. The summed E-state index contributed by atoms with van der Waals surface area (Å²) in [7, 11) is 0. The van der Waals surface area contributed by atoms with Crippen LogP contribution >= 0.6 is 0 Å². The number of nitrogens with one attached hydrogen (secondary N) is 1. The molecular weight excluding hydrogens is 172 g/mol. The van der Waals surface area contributed by atoms with E-state index >= 15 is 0 Å². The Hall–Kier alpha value is -0.860. The van der Waals surface area contributed by atoms with Crippen LogP contribution in [0.2, 0.25) is 0 Å². The van der Waals surface area contributed by atoms with Gasteiger partial charge in [-0.05, 0) is 17.9 Å². The maximum Gasteiger partial charge on any atom is 0.0206 e. The predicted molar refractivity (Wildman–Crippen MR) is 59.1 cm³/mol. The summed E-state index contributed by atoms with van der Waals surface area (Å²) in [6.45, 7) is 3.19. The zero-order valence-electron chi connectivity index (χ0n) is 8.61. The first kappa shape index (κ1) is 9.69. The van der Waals surface area contributed by atoms with Gasteiger partial charge >= 0.3 is 0 Å². The molecule has 2 heteroatoms. The van der Waals surface area contributed by atoms with E-state index in [0.29, 0.717) is 18.0 Å². The highest BCUT2D eigenvalue weighted by Gasteiger charge is 2.29. The van der Waals surface area contributed by atoms with Crippen molar-refractivity contribution in [2.45, 2.75) is 25.4 Å². The van der Waals surface area contributed by atoms with Crippen molar-refractivity contribution in [2.24, 2.45) is 11.7 Å². The monoisotopic (exact) mass is 190 g/mol. The molecule has 3 unspecified atom stereocenters. The highest BCUT2D eigenvalue weighted by molar-refractivity contribution is 5.16. The number of hydrogen-bond donors (Lipinski definition) is 2. The van der Waals surface area contributed by atoms with Gasteiger partial charge in [0.2, 0.25) is 0 Å². The average Bonchev–Trinajstić information content (AvgIpc) is 2.52. The van der Waals surface area contributed by atoms with Crippen LogP contribution in [0.1, 0.15) is 12.5 Å². The molecule has 0 aliphatic carbocycles. The van der Waals surface area contributed by atoms with E-state index in [9.17, 15) is 0 Å². The lowest BCUT2D eigenvalue weighted by atomic mass is 9.94. The van der Waals surface area contributed by atoms with Crippen LogP contribution in [0.3, 0.4) is 0 Å². The lowest BCUT2D eigenvalue weighted by Gasteiger charge is -2.17. The van der Waals surface area contributed by atoms with E-state index in [-0.39, 0.29) is 0 Å². The van der Waals surface area contributed by atoms with E-state index in [1.165, 1.54) is 5.56 Å². The molecule has 1 heterocycles. The Labute approximate surface area is 85.5 Å². The molecule has 1 aliphatic rings. The SMILES string of the molecule is CC1C(N)CNC1Cc1ccccc1. The summed E-state index contributed by atoms with van der Waals surface area (Å²) in [4.78, 5) is 0. The zero-order valence-corrected chi connectivity index (χ0v) is 8.61. The van der Waals surface area contributed by atoms with Crippen LogP contribution in [0.25, 0.3) is 0 Å². The second kappa shape index (κ2) is 4.11. The van der Waals surface area contributed by atoms with Gasteiger partial charge in [0.15, 0.2) is 0 Å². The van der Waals surface area contributed by atoms with E-state index in [0.717, 1.165) is 13.0 Å². The molecule has 0 spiro atoms. The Balaban J connectivity index is 1.99. The molecule has 1 aromatic rings. The van der Waals surface area contributed by atoms with Crippen molar-refractivity contribution in [3.63, 3.8) is 0 Å². The summed E-state index contributed by atoms with van der Waals surface area (Å²) in [6.07, 6.45) is 1.09. The minimum absolute atomic E-state index is 0.323. The topological polar surface area (TPSA) is 38.0 Å². The third-order valence-electron chi connectivity index (χ3n) is 3.22. The van der Waals surface area contributed by atoms with Crippen molar-refractivity contribution in [3.05, 3.63) is 35.9 Å². The van der Waals surface area contributed by atoms with Crippen molar-refractivity contribution >= 4 is 0 Å². The third kappa shape index (κ3) is 1.97. The summed E-state index contributed by atoms with van der Waals surface area (Å²) in [5, 5.41) is 3.48. The van der Waals surface area contributed by atoms with Gasteiger partial charge in [-0.2, -0.15) is 0 Å². The lowest BCUT2D eigenvalue weighted by molar-refractivity contribution is 0.451. The molecule has 14 heavy (non-hydrogen) atoms. The van der Waals surface area contributed by atoms with Gasteiger partial charge in [0.05, 0.1) is 0 Å². The molecule has 2 nitrogen and oxygen atoms in total. The van der Waals surface area contributed by atoms with Crippen LogP contribution in [0.4, 0.5) is 0 Å². The van der Waals surface area contributed by atoms with Gasteiger partial charge in [-0.15, -0.1) is 0 Å². The Morgan fingerprint density at radius 2 is 2.07 bits per heavy atom. The molecule has 0 amide bonds. The molecule has 2 rings (SSSR count). The first-order valence-electron chi connectivity index (χ1n) is 5.30. The summed E-state index contributed by atoms with van der Waals surface area (Å²) >= 11 is 0. The average molecular weight is 190 g/mol.